The van der Waals surface area contributed by atoms with Crippen LogP contribution in [0.1, 0.15) is 25.7 Å². The van der Waals surface area contributed by atoms with Crippen LogP contribution >= 0.6 is 0 Å². The number of benzene rings is 2. The normalized spacial score (nSPS) is 15.5. The van der Waals surface area contributed by atoms with Crippen LogP contribution in [0.3, 0.4) is 0 Å². The molecule has 4 nitrogen and oxygen atoms in total. The molecule has 122 valence electrons. The van der Waals surface area contributed by atoms with Crippen LogP contribution in [0.25, 0.3) is 0 Å². The molecule has 5 heteroatoms. The number of nitrogens with zero attached hydrogens (tertiary/aromatic N) is 1. The highest BCUT2D eigenvalue weighted by Crippen LogP contribution is 2.38. The fourth-order valence-corrected chi connectivity index (χ4v) is 2.89. The average Bonchev–Trinajstić information content (AvgIpc) is 3.07. The molecule has 1 aliphatic carbocycles. The Kier molecular flexibility index (Phi) is 4.48. The summed E-state index contributed by atoms with van der Waals surface area (Å²) in [5.74, 6) is 0.326. The summed E-state index contributed by atoms with van der Waals surface area (Å²) in [7, 11) is 0. The largest absolute Gasteiger partial charge is 0.457 e. The summed E-state index contributed by atoms with van der Waals surface area (Å²) in [6.07, 6.45) is 3.02. The third kappa shape index (κ3) is 3.38. The number of halogens is 1. The maximum atomic E-state index is 13.1. The Labute approximate surface area is 139 Å². The lowest BCUT2D eigenvalue weighted by atomic mass is 9.87. The van der Waals surface area contributed by atoms with E-state index in [1.165, 1.54) is 12.1 Å². The van der Waals surface area contributed by atoms with Gasteiger partial charge in [-0.2, -0.15) is 5.26 Å². The second-order valence-corrected chi connectivity index (χ2v) is 5.94. The molecule has 2 aromatic carbocycles. The summed E-state index contributed by atoms with van der Waals surface area (Å²) in [6, 6.07) is 14.8. The van der Waals surface area contributed by atoms with Gasteiger partial charge in [0.2, 0.25) is 5.91 Å². The molecule has 2 aromatic rings. The van der Waals surface area contributed by atoms with Crippen LogP contribution < -0.4 is 10.1 Å². The molecule has 0 unspecified atom stereocenters. The fraction of sp³-hybridized carbons (Fsp3) is 0.263. The number of amides is 1. The second-order valence-electron chi connectivity index (χ2n) is 5.94. The van der Waals surface area contributed by atoms with Gasteiger partial charge in [0.1, 0.15) is 22.7 Å². The average molecular weight is 324 g/mol. The molecular formula is C19H17FN2O2. The zero-order chi connectivity index (χ0) is 17.0. The maximum Gasteiger partial charge on any atom is 0.244 e. The Hall–Kier alpha value is -2.87. The van der Waals surface area contributed by atoms with Crippen LogP contribution in [0.15, 0.2) is 48.5 Å². The molecule has 1 saturated carbocycles. The lowest BCUT2D eigenvalue weighted by molar-refractivity contribution is -0.122. The van der Waals surface area contributed by atoms with Crippen LogP contribution in [0.5, 0.6) is 11.5 Å². The summed E-state index contributed by atoms with van der Waals surface area (Å²) in [4.78, 5) is 12.4. The van der Waals surface area contributed by atoms with Gasteiger partial charge in [-0.25, -0.2) is 4.39 Å². The van der Waals surface area contributed by atoms with Gasteiger partial charge in [-0.15, -0.1) is 0 Å². The van der Waals surface area contributed by atoms with E-state index in [9.17, 15) is 14.4 Å². The minimum Gasteiger partial charge on any atom is -0.457 e. The molecule has 1 aliphatic rings. The van der Waals surface area contributed by atoms with Gasteiger partial charge in [-0.3, -0.25) is 4.79 Å². The summed E-state index contributed by atoms with van der Waals surface area (Å²) < 4.78 is 18.7. The van der Waals surface area contributed by atoms with Gasteiger partial charge in [0, 0.05) is 11.8 Å². The number of ether oxygens (including phenoxy) is 1. The Balaban J connectivity index is 1.66. The van der Waals surface area contributed by atoms with Gasteiger partial charge in [-0.05, 0) is 49.2 Å². The van der Waals surface area contributed by atoms with Crippen molar-refractivity contribution in [3.8, 4) is 17.6 Å². The summed E-state index contributed by atoms with van der Waals surface area (Å²) in [5.41, 5.74) is -0.301. The highest BCUT2D eigenvalue weighted by molar-refractivity contribution is 5.97. The molecule has 1 amide bonds. The Bertz CT molecular complexity index is 775. The van der Waals surface area contributed by atoms with Crippen LogP contribution in [0.4, 0.5) is 10.1 Å². The Morgan fingerprint density at radius 2 is 1.83 bits per heavy atom. The summed E-state index contributed by atoms with van der Waals surface area (Å²) in [6.45, 7) is 0. The number of rotatable bonds is 4. The van der Waals surface area contributed by atoms with Gasteiger partial charge < -0.3 is 10.1 Å². The first kappa shape index (κ1) is 16.0. The molecule has 0 saturated heterocycles. The van der Waals surface area contributed by atoms with E-state index in [0.29, 0.717) is 30.0 Å². The summed E-state index contributed by atoms with van der Waals surface area (Å²) in [5, 5.41) is 12.1. The van der Waals surface area contributed by atoms with Crippen molar-refractivity contribution in [2.45, 2.75) is 25.7 Å². The van der Waals surface area contributed by atoms with E-state index >= 15 is 0 Å². The summed E-state index contributed by atoms with van der Waals surface area (Å²) >= 11 is 0. The van der Waals surface area contributed by atoms with E-state index in [-0.39, 0.29) is 11.7 Å². The van der Waals surface area contributed by atoms with Crippen molar-refractivity contribution in [3.05, 3.63) is 54.3 Å². The van der Waals surface area contributed by atoms with E-state index in [1.807, 2.05) is 0 Å². The van der Waals surface area contributed by atoms with Crippen LogP contribution in [0, 0.1) is 22.6 Å². The van der Waals surface area contributed by atoms with Gasteiger partial charge in [-0.1, -0.05) is 18.9 Å². The number of nitriles is 1. The van der Waals surface area contributed by atoms with Crippen LogP contribution in [-0.4, -0.2) is 5.91 Å². The van der Waals surface area contributed by atoms with Crippen molar-refractivity contribution in [2.24, 2.45) is 5.41 Å². The number of hydrogen-bond acceptors (Lipinski definition) is 3. The zero-order valence-corrected chi connectivity index (χ0v) is 13.1. The lowest BCUT2D eigenvalue weighted by Gasteiger charge is -2.19. The molecule has 3 rings (SSSR count). The number of nitrogens with one attached hydrogen (secondary N) is 1. The Morgan fingerprint density at radius 1 is 1.12 bits per heavy atom. The van der Waals surface area contributed by atoms with E-state index in [1.54, 1.807) is 36.4 Å². The fourth-order valence-electron chi connectivity index (χ4n) is 2.89. The predicted octanol–water partition coefficient (Wildman–Crippen LogP) is 4.64. The maximum absolute atomic E-state index is 13.1. The second kappa shape index (κ2) is 6.71. The van der Waals surface area contributed by atoms with Crippen molar-refractivity contribution in [1.82, 2.24) is 0 Å². The molecule has 0 aliphatic heterocycles. The van der Waals surface area contributed by atoms with Crippen molar-refractivity contribution in [2.75, 3.05) is 5.32 Å². The van der Waals surface area contributed by atoms with Gasteiger partial charge in [0.25, 0.3) is 0 Å². The SMILES string of the molecule is N#CC1(C(=O)Nc2ccc(Oc3cccc(F)c3)cc2)CCCC1. The van der Waals surface area contributed by atoms with Crippen molar-refractivity contribution >= 4 is 11.6 Å². The highest BCUT2D eigenvalue weighted by Gasteiger charge is 2.41. The number of carbonyl (C=O) groups is 1. The minimum atomic E-state index is -0.906. The van der Waals surface area contributed by atoms with Gasteiger partial charge in [0.15, 0.2) is 0 Å². The first-order valence-electron chi connectivity index (χ1n) is 7.87. The van der Waals surface area contributed by atoms with Gasteiger partial charge >= 0.3 is 0 Å². The Morgan fingerprint density at radius 3 is 2.46 bits per heavy atom. The number of carbonyl (C=O) groups excluding carboxylic acids is 1. The topological polar surface area (TPSA) is 62.1 Å². The molecule has 0 bridgehead atoms. The van der Waals surface area contributed by atoms with Crippen molar-refractivity contribution in [1.29, 1.82) is 5.26 Å². The molecule has 0 atom stereocenters. The molecule has 1 N–H and O–H groups in total. The molecule has 24 heavy (non-hydrogen) atoms. The third-order valence-electron chi connectivity index (χ3n) is 4.25. The van der Waals surface area contributed by atoms with Crippen molar-refractivity contribution < 1.29 is 13.9 Å². The predicted molar refractivity (Wildman–Crippen MR) is 88.1 cm³/mol. The molecule has 0 radical (unpaired) electrons. The van der Waals surface area contributed by atoms with E-state index in [2.05, 4.69) is 11.4 Å². The number of anilines is 1. The third-order valence-corrected chi connectivity index (χ3v) is 4.25. The first-order valence-corrected chi connectivity index (χ1v) is 7.87. The van der Waals surface area contributed by atoms with E-state index in [0.717, 1.165) is 12.8 Å². The first-order chi connectivity index (χ1) is 11.6. The monoisotopic (exact) mass is 324 g/mol. The quantitative estimate of drug-likeness (QED) is 0.891. The minimum absolute atomic E-state index is 0.249. The smallest absolute Gasteiger partial charge is 0.244 e. The zero-order valence-electron chi connectivity index (χ0n) is 13.1. The van der Waals surface area contributed by atoms with Crippen molar-refractivity contribution in [3.63, 3.8) is 0 Å². The molecule has 0 spiro atoms. The van der Waals surface area contributed by atoms with Crippen LogP contribution in [0.2, 0.25) is 0 Å². The molecule has 1 fully saturated rings. The van der Waals surface area contributed by atoms with E-state index in [4.69, 9.17) is 4.74 Å². The standard InChI is InChI=1S/C19H17FN2O2/c20-14-4-3-5-17(12-14)24-16-8-6-15(7-9-16)22-18(23)19(13-21)10-1-2-11-19/h3-9,12H,1-2,10-11H2,(H,22,23). The van der Waals surface area contributed by atoms with Gasteiger partial charge in [0.05, 0.1) is 6.07 Å². The number of hydrogen-bond donors (Lipinski definition) is 1. The molecule has 0 heterocycles. The van der Waals surface area contributed by atoms with Crippen LogP contribution in [-0.2, 0) is 4.79 Å². The van der Waals surface area contributed by atoms with E-state index < -0.39 is 5.41 Å². The lowest BCUT2D eigenvalue weighted by Crippen LogP contribution is -2.32. The highest BCUT2D eigenvalue weighted by atomic mass is 19.1. The molecule has 0 aromatic heterocycles. The molecular weight excluding hydrogens is 307 g/mol.